The standard InChI is InChI=1S/C18H24N4O4/c1-12(19-10-5-11-21(2)3)15-16(23)20-18(25)22(17(15)24)13-6-8-14(26-4)9-7-13/h6-9,15H,5,10-11H2,1-4H3,(H,20,23,25). The maximum Gasteiger partial charge on any atom is 0.335 e. The van der Waals surface area contributed by atoms with Crippen molar-refractivity contribution in [3.63, 3.8) is 0 Å². The Hall–Kier alpha value is -2.74. The molecule has 0 radical (unpaired) electrons. The van der Waals surface area contributed by atoms with Gasteiger partial charge in [-0.2, -0.15) is 0 Å². The van der Waals surface area contributed by atoms with Crippen molar-refractivity contribution in [3.8, 4) is 5.75 Å². The molecule has 140 valence electrons. The predicted octanol–water partition coefficient (Wildman–Crippen LogP) is 1.31. The number of urea groups is 1. The SMILES string of the molecule is COc1ccc(N2C(=O)NC(=O)C(C(C)=NCCCN(C)C)C2=O)cc1. The van der Waals surface area contributed by atoms with Crippen LogP contribution in [-0.2, 0) is 9.59 Å². The molecule has 0 saturated carbocycles. The molecule has 1 N–H and O–H groups in total. The zero-order chi connectivity index (χ0) is 19.3. The van der Waals surface area contributed by atoms with Crippen molar-refractivity contribution in [3.05, 3.63) is 24.3 Å². The van der Waals surface area contributed by atoms with E-state index >= 15 is 0 Å². The zero-order valence-electron chi connectivity index (χ0n) is 15.5. The molecule has 0 bridgehead atoms. The summed E-state index contributed by atoms with van der Waals surface area (Å²) in [7, 11) is 5.46. The number of rotatable bonds is 7. The van der Waals surface area contributed by atoms with Crippen LogP contribution in [0.2, 0.25) is 0 Å². The van der Waals surface area contributed by atoms with Gasteiger partial charge in [0.25, 0.3) is 5.91 Å². The van der Waals surface area contributed by atoms with Crippen molar-refractivity contribution >= 4 is 29.2 Å². The summed E-state index contributed by atoms with van der Waals surface area (Å²) in [6, 6.07) is 5.70. The number of hydrogen-bond donors (Lipinski definition) is 1. The van der Waals surface area contributed by atoms with E-state index in [1.165, 1.54) is 7.11 Å². The van der Waals surface area contributed by atoms with Gasteiger partial charge in [-0.1, -0.05) is 0 Å². The summed E-state index contributed by atoms with van der Waals surface area (Å²) in [6.45, 7) is 3.01. The van der Waals surface area contributed by atoms with Crippen LogP contribution in [0.15, 0.2) is 29.3 Å². The highest BCUT2D eigenvalue weighted by Crippen LogP contribution is 2.24. The Kier molecular flexibility index (Phi) is 6.46. The summed E-state index contributed by atoms with van der Waals surface area (Å²) < 4.78 is 5.08. The van der Waals surface area contributed by atoms with Crippen molar-refractivity contribution in [2.24, 2.45) is 10.9 Å². The van der Waals surface area contributed by atoms with Crippen LogP contribution in [-0.4, -0.2) is 62.8 Å². The molecule has 1 aliphatic heterocycles. The second kappa shape index (κ2) is 8.57. The summed E-state index contributed by atoms with van der Waals surface area (Å²) in [4.78, 5) is 44.5. The van der Waals surface area contributed by atoms with Crippen LogP contribution in [0, 0.1) is 5.92 Å². The summed E-state index contributed by atoms with van der Waals surface area (Å²) in [5.74, 6) is -1.74. The average Bonchev–Trinajstić information content (AvgIpc) is 2.58. The third-order valence-corrected chi connectivity index (χ3v) is 4.04. The van der Waals surface area contributed by atoms with Crippen molar-refractivity contribution in [2.45, 2.75) is 13.3 Å². The number of amides is 4. The highest BCUT2D eigenvalue weighted by Gasteiger charge is 2.42. The molecule has 1 saturated heterocycles. The van der Waals surface area contributed by atoms with Crippen LogP contribution >= 0.6 is 0 Å². The van der Waals surface area contributed by atoms with E-state index in [1.807, 2.05) is 19.0 Å². The minimum Gasteiger partial charge on any atom is -0.497 e. The minimum absolute atomic E-state index is 0.367. The Morgan fingerprint density at radius 1 is 1.23 bits per heavy atom. The summed E-state index contributed by atoms with van der Waals surface area (Å²) in [5, 5.41) is 2.23. The zero-order valence-corrected chi connectivity index (χ0v) is 15.5. The van der Waals surface area contributed by atoms with Crippen molar-refractivity contribution < 1.29 is 19.1 Å². The number of methoxy groups -OCH3 is 1. The Morgan fingerprint density at radius 2 is 1.88 bits per heavy atom. The predicted molar refractivity (Wildman–Crippen MR) is 98.7 cm³/mol. The quantitative estimate of drug-likeness (QED) is 0.450. The number of imide groups is 2. The minimum atomic E-state index is -1.10. The first-order valence-corrected chi connectivity index (χ1v) is 8.33. The van der Waals surface area contributed by atoms with Gasteiger partial charge in [0.1, 0.15) is 5.75 Å². The number of ether oxygens (including phenoxy) is 1. The van der Waals surface area contributed by atoms with Crippen molar-refractivity contribution in [2.75, 3.05) is 39.2 Å². The lowest BCUT2D eigenvalue weighted by molar-refractivity contribution is -0.131. The molecule has 1 aromatic rings. The van der Waals surface area contributed by atoms with Gasteiger partial charge in [-0.25, -0.2) is 9.69 Å². The number of hydrogen-bond acceptors (Lipinski definition) is 6. The number of aliphatic imine (C=N–C) groups is 1. The van der Waals surface area contributed by atoms with Gasteiger partial charge in [-0.05, 0) is 58.3 Å². The van der Waals surface area contributed by atoms with E-state index in [0.29, 0.717) is 23.7 Å². The smallest absolute Gasteiger partial charge is 0.335 e. The van der Waals surface area contributed by atoms with Crippen LogP contribution in [0.4, 0.5) is 10.5 Å². The molecule has 2 rings (SSSR count). The topological polar surface area (TPSA) is 91.3 Å². The maximum atomic E-state index is 12.8. The molecule has 1 heterocycles. The van der Waals surface area contributed by atoms with Crippen LogP contribution in [0.3, 0.4) is 0 Å². The van der Waals surface area contributed by atoms with Crippen LogP contribution < -0.4 is 15.0 Å². The van der Waals surface area contributed by atoms with E-state index in [0.717, 1.165) is 17.9 Å². The third-order valence-electron chi connectivity index (χ3n) is 4.04. The molecule has 1 fully saturated rings. The van der Waals surface area contributed by atoms with E-state index in [4.69, 9.17) is 4.74 Å². The van der Waals surface area contributed by atoms with Crippen molar-refractivity contribution in [1.82, 2.24) is 10.2 Å². The fourth-order valence-electron chi connectivity index (χ4n) is 2.65. The molecule has 1 aliphatic rings. The summed E-state index contributed by atoms with van der Waals surface area (Å²) >= 11 is 0. The Bertz CT molecular complexity index is 712. The van der Waals surface area contributed by atoms with E-state index in [1.54, 1.807) is 31.2 Å². The second-order valence-corrected chi connectivity index (χ2v) is 6.28. The average molecular weight is 360 g/mol. The summed E-state index contributed by atoms with van der Waals surface area (Å²) in [6.07, 6.45) is 0.813. The summed E-state index contributed by atoms with van der Waals surface area (Å²) in [5.41, 5.74) is 0.767. The molecule has 4 amide bonds. The van der Waals surface area contributed by atoms with E-state index < -0.39 is 23.8 Å². The molecule has 1 unspecified atom stereocenters. The lowest BCUT2D eigenvalue weighted by Crippen LogP contribution is -2.60. The van der Waals surface area contributed by atoms with Gasteiger partial charge in [0.15, 0.2) is 5.92 Å². The fourth-order valence-corrected chi connectivity index (χ4v) is 2.65. The van der Waals surface area contributed by atoms with Gasteiger partial charge >= 0.3 is 6.03 Å². The highest BCUT2D eigenvalue weighted by atomic mass is 16.5. The monoisotopic (exact) mass is 360 g/mol. The lowest BCUT2D eigenvalue weighted by Gasteiger charge is -2.30. The second-order valence-electron chi connectivity index (χ2n) is 6.28. The number of barbiturate groups is 1. The van der Waals surface area contributed by atoms with E-state index in [2.05, 4.69) is 10.3 Å². The molecule has 8 heteroatoms. The molecule has 0 spiro atoms. The van der Waals surface area contributed by atoms with Gasteiger partial charge < -0.3 is 9.64 Å². The van der Waals surface area contributed by atoms with Crippen molar-refractivity contribution in [1.29, 1.82) is 0 Å². The molecule has 0 aliphatic carbocycles. The molecular weight excluding hydrogens is 336 g/mol. The number of carbonyl (C=O) groups excluding carboxylic acids is 3. The Labute approximate surface area is 152 Å². The molecular formula is C18H24N4O4. The fraction of sp³-hybridized carbons (Fsp3) is 0.444. The number of nitrogens with zero attached hydrogens (tertiary/aromatic N) is 3. The van der Waals surface area contributed by atoms with Gasteiger partial charge in [0.05, 0.1) is 12.8 Å². The number of carbonyl (C=O) groups is 3. The number of benzene rings is 1. The first-order valence-electron chi connectivity index (χ1n) is 8.33. The van der Waals surface area contributed by atoms with E-state index in [-0.39, 0.29) is 0 Å². The van der Waals surface area contributed by atoms with Gasteiger partial charge in [0.2, 0.25) is 5.91 Å². The normalized spacial score (nSPS) is 18.3. The molecule has 1 aromatic carbocycles. The molecule has 8 nitrogen and oxygen atoms in total. The molecule has 1 atom stereocenters. The van der Waals surface area contributed by atoms with Gasteiger partial charge in [-0.15, -0.1) is 0 Å². The Morgan fingerprint density at radius 3 is 2.46 bits per heavy atom. The first kappa shape index (κ1) is 19.6. The van der Waals surface area contributed by atoms with Gasteiger partial charge in [0, 0.05) is 12.3 Å². The van der Waals surface area contributed by atoms with E-state index in [9.17, 15) is 14.4 Å². The first-order chi connectivity index (χ1) is 12.3. The Balaban J connectivity index is 2.19. The highest BCUT2D eigenvalue weighted by molar-refractivity contribution is 6.35. The van der Waals surface area contributed by atoms with Gasteiger partial charge in [-0.3, -0.25) is 19.9 Å². The number of nitrogens with one attached hydrogen (secondary N) is 1. The molecule has 26 heavy (non-hydrogen) atoms. The number of anilines is 1. The largest absolute Gasteiger partial charge is 0.497 e. The van der Waals surface area contributed by atoms with Crippen LogP contribution in [0.25, 0.3) is 0 Å². The van der Waals surface area contributed by atoms with Crippen LogP contribution in [0.5, 0.6) is 5.75 Å². The lowest BCUT2D eigenvalue weighted by atomic mass is 9.99. The molecule has 0 aromatic heterocycles. The third kappa shape index (κ3) is 4.45. The maximum absolute atomic E-state index is 12.8. The van der Waals surface area contributed by atoms with Crippen LogP contribution in [0.1, 0.15) is 13.3 Å².